The topological polar surface area (TPSA) is 195 Å². The van der Waals surface area contributed by atoms with Crippen LogP contribution < -0.4 is 20.1 Å². The number of carbonyl (C=O) groups excluding carboxylic acids is 1. The second kappa shape index (κ2) is 12.3. The average molecular weight is 612 g/mol. The molecule has 0 bridgehead atoms. The second-order valence-electron chi connectivity index (χ2n) is 9.21. The molecule has 0 saturated carbocycles. The van der Waals surface area contributed by atoms with Gasteiger partial charge in [0.2, 0.25) is 11.8 Å². The van der Waals surface area contributed by atoms with Gasteiger partial charge in [-0.2, -0.15) is 15.1 Å². The van der Waals surface area contributed by atoms with Crippen molar-refractivity contribution < 1.29 is 37.7 Å². The number of methoxy groups -OCH3 is 1. The molecule has 1 fully saturated rings. The van der Waals surface area contributed by atoms with E-state index in [4.69, 9.17) is 40.6 Å². The van der Waals surface area contributed by atoms with E-state index in [0.29, 0.717) is 17.1 Å². The number of carbonyl (C=O) groups is 1. The van der Waals surface area contributed by atoms with Crippen LogP contribution in [0.15, 0.2) is 35.6 Å². The van der Waals surface area contributed by atoms with Crippen molar-refractivity contribution in [2.75, 3.05) is 26.1 Å². The summed E-state index contributed by atoms with van der Waals surface area (Å²) >= 11 is 5.94. The van der Waals surface area contributed by atoms with Gasteiger partial charge in [0.05, 0.1) is 26.7 Å². The van der Waals surface area contributed by atoms with E-state index in [2.05, 4.69) is 31.7 Å². The van der Waals surface area contributed by atoms with E-state index < -0.39 is 50.3 Å². The fraction of sp³-hybridized carbons (Fsp3) is 0.458. The highest BCUT2D eigenvalue weighted by Crippen LogP contribution is 2.48. The number of anilines is 1. The van der Waals surface area contributed by atoms with Gasteiger partial charge in [0.1, 0.15) is 29.5 Å². The van der Waals surface area contributed by atoms with Crippen molar-refractivity contribution in [3.05, 3.63) is 35.6 Å². The quantitative estimate of drug-likeness (QED) is 0.154. The van der Waals surface area contributed by atoms with Crippen LogP contribution in [0.3, 0.4) is 0 Å². The normalized spacial score (nSPS) is 24.5. The van der Waals surface area contributed by atoms with Crippen LogP contribution in [-0.4, -0.2) is 81.4 Å². The maximum Gasteiger partial charge on any atom is 0.459 e. The molecule has 1 saturated heterocycles. The molecule has 0 radical (unpaired) electrons. The molecule has 4 N–H and O–H groups in total. The molecule has 2 aromatic heterocycles. The van der Waals surface area contributed by atoms with Crippen LogP contribution in [0.4, 0.5) is 5.95 Å². The molecule has 41 heavy (non-hydrogen) atoms. The van der Waals surface area contributed by atoms with Gasteiger partial charge in [-0.3, -0.25) is 18.9 Å². The van der Waals surface area contributed by atoms with E-state index in [0.717, 1.165) is 0 Å². The van der Waals surface area contributed by atoms with Crippen molar-refractivity contribution in [1.82, 2.24) is 24.6 Å². The molecule has 4 rings (SSSR count). The fourth-order valence-electron chi connectivity index (χ4n) is 4.23. The number of benzene rings is 1. The van der Waals surface area contributed by atoms with Gasteiger partial charge >= 0.3 is 13.7 Å². The predicted molar refractivity (Wildman–Crippen MR) is 149 cm³/mol. The highest BCUT2D eigenvalue weighted by Gasteiger charge is 2.55. The summed E-state index contributed by atoms with van der Waals surface area (Å²) in [6.45, 7) is 8.36. The number of aliphatic imine (C=N–C) groups is 1. The first-order valence-electron chi connectivity index (χ1n) is 12.4. The minimum Gasteiger partial charge on any atom is -0.476 e. The maximum atomic E-state index is 13.8. The zero-order chi connectivity index (χ0) is 29.9. The number of nitrogen functional groups attached to an aromatic ring is 1. The van der Waals surface area contributed by atoms with Crippen molar-refractivity contribution in [1.29, 1.82) is 0 Å². The van der Waals surface area contributed by atoms with Gasteiger partial charge in [-0.1, -0.05) is 11.6 Å². The molecular formula is C24H31ClN7O8P. The molecular weight excluding hydrogens is 581 g/mol. The molecule has 1 unspecified atom stereocenters. The average Bonchev–Trinajstić information content (AvgIpc) is 3.47. The Balaban J connectivity index is 1.61. The van der Waals surface area contributed by atoms with Crippen LogP contribution in [0.2, 0.25) is 5.02 Å². The Morgan fingerprint density at radius 1 is 1.39 bits per heavy atom. The van der Waals surface area contributed by atoms with Crippen LogP contribution in [0.1, 0.15) is 27.0 Å². The smallest absolute Gasteiger partial charge is 0.459 e. The molecule has 1 aliphatic heterocycles. The Morgan fingerprint density at radius 2 is 2.10 bits per heavy atom. The van der Waals surface area contributed by atoms with Gasteiger partial charge in [-0.15, -0.1) is 0 Å². The van der Waals surface area contributed by atoms with Crippen molar-refractivity contribution in [2.24, 2.45) is 4.99 Å². The Morgan fingerprint density at radius 3 is 2.73 bits per heavy atom. The van der Waals surface area contributed by atoms with Gasteiger partial charge in [0.15, 0.2) is 17.4 Å². The van der Waals surface area contributed by atoms with E-state index >= 15 is 0 Å². The van der Waals surface area contributed by atoms with Crippen LogP contribution in [-0.2, 0) is 23.4 Å². The summed E-state index contributed by atoms with van der Waals surface area (Å²) in [5.74, 6) is -0.418. The van der Waals surface area contributed by atoms with Gasteiger partial charge in [-0.05, 0) is 51.8 Å². The van der Waals surface area contributed by atoms with E-state index in [1.54, 1.807) is 13.8 Å². The molecule has 3 heterocycles. The number of nitrogens with zero attached hydrogens (tertiary/aromatic N) is 5. The summed E-state index contributed by atoms with van der Waals surface area (Å²) in [7, 11) is -3.06. The number of hydrogen-bond acceptors (Lipinski definition) is 13. The SMILES string of the molecule is C=N[C@]1(C)[C@H](O)[C@@H](COP(=O)(N[C@@H](C)C(=O)OC)Oc2ccc(Cl)cc2)O[C@H]1n1cnc2c(OCC)nc(N)nc21. The monoisotopic (exact) mass is 611 g/mol. The lowest BCUT2D eigenvalue weighted by Gasteiger charge is -2.28. The van der Waals surface area contributed by atoms with E-state index in [9.17, 15) is 14.5 Å². The number of aromatic nitrogens is 4. The standard InChI is InChI=1S/C24H31ClN7O8P/c1-6-37-20-17-19(29-23(26)30-20)32(12-28-17)22-24(3,27-4)18(33)16(39-22)11-38-41(35,31-13(2)21(34)36-5)40-15-9-7-14(25)8-10-15/h7-10,12-13,16,18,22,33H,4,6,11H2,1-3,5H3,(H,31,35)(H2,26,29,30)/t13-,16+,18+,22+,24+,41?/m0/s1. The minimum absolute atomic E-state index is 0.0551. The largest absolute Gasteiger partial charge is 0.476 e. The number of aliphatic hydroxyl groups excluding tert-OH is 1. The first kappa shape index (κ1) is 30.6. The fourth-order valence-corrected chi connectivity index (χ4v) is 5.86. The highest BCUT2D eigenvalue weighted by atomic mass is 35.5. The van der Waals surface area contributed by atoms with E-state index in [-0.39, 0.29) is 23.2 Å². The minimum atomic E-state index is -4.25. The van der Waals surface area contributed by atoms with E-state index in [1.165, 1.54) is 49.2 Å². The third kappa shape index (κ3) is 6.30. The number of esters is 1. The second-order valence-corrected chi connectivity index (χ2v) is 11.3. The first-order chi connectivity index (χ1) is 19.4. The van der Waals surface area contributed by atoms with Crippen LogP contribution in [0.25, 0.3) is 11.2 Å². The third-order valence-corrected chi connectivity index (χ3v) is 8.29. The van der Waals surface area contributed by atoms with E-state index in [1.807, 2.05) is 0 Å². The van der Waals surface area contributed by atoms with Crippen LogP contribution in [0, 0.1) is 0 Å². The summed E-state index contributed by atoms with van der Waals surface area (Å²) < 4.78 is 43.0. The number of aliphatic hydroxyl groups is 1. The number of fused-ring (bicyclic) bond motifs is 1. The van der Waals surface area contributed by atoms with Crippen LogP contribution >= 0.6 is 19.3 Å². The number of hydrogen-bond donors (Lipinski definition) is 3. The van der Waals surface area contributed by atoms with Gasteiger partial charge < -0.3 is 29.6 Å². The number of ether oxygens (including phenoxy) is 3. The van der Waals surface area contributed by atoms with Crippen molar-refractivity contribution in [3.8, 4) is 11.6 Å². The Kier molecular flexibility index (Phi) is 9.16. The lowest BCUT2D eigenvalue weighted by Crippen LogP contribution is -2.43. The number of halogens is 1. The number of nitrogens with two attached hydrogens (primary N) is 1. The van der Waals surface area contributed by atoms with Gasteiger partial charge in [0.25, 0.3) is 0 Å². The number of nitrogens with one attached hydrogen (secondary N) is 1. The predicted octanol–water partition coefficient (Wildman–Crippen LogP) is 2.53. The number of imidazole rings is 1. The number of rotatable bonds is 12. The summed E-state index contributed by atoms with van der Waals surface area (Å²) in [5, 5.41) is 14.2. The van der Waals surface area contributed by atoms with Crippen LogP contribution in [0.5, 0.6) is 11.6 Å². The lowest BCUT2D eigenvalue weighted by atomic mass is 9.93. The molecule has 3 aromatic rings. The van der Waals surface area contributed by atoms with Crippen molar-refractivity contribution in [2.45, 2.75) is 50.8 Å². The third-order valence-electron chi connectivity index (χ3n) is 6.39. The Hall–Kier alpha value is -3.33. The zero-order valence-corrected chi connectivity index (χ0v) is 24.4. The summed E-state index contributed by atoms with van der Waals surface area (Å²) in [5.41, 5.74) is 5.16. The molecule has 6 atom stereocenters. The zero-order valence-electron chi connectivity index (χ0n) is 22.8. The Labute approximate surface area is 240 Å². The molecule has 0 amide bonds. The first-order valence-corrected chi connectivity index (χ1v) is 14.4. The molecule has 1 aromatic carbocycles. The lowest BCUT2D eigenvalue weighted by molar-refractivity contribution is -0.142. The van der Waals surface area contributed by atoms with Gasteiger partial charge in [-0.25, -0.2) is 9.55 Å². The molecule has 17 heteroatoms. The van der Waals surface area contributed by atoms with Gasteiger partial charge in [0, 0.05) is 5.02 Å². The summed E-state index contributed by atoms with van der Waals surface area (Å²) in [4.78, 5) is 28.9. The molecule has 15 nitrogen and oxygen atoms in total. The van der Waals surface area contributed by atoms with Crippen molar-refractivity contribution >= 4 is 49.1 Å². The summed E-state index contributed by atoms with van der Waals surface area (Å²) in [6, 6.07) is 4.95. The molecule has 0 spiro atoms. The molecule has 0 aliphatic carbocycles. The maximum absolute atomic E-state index is 13.8. The summed E-state index contributed by atoms with van der Waals surface area (Å²) in [6.07, 6.45) is -1.94. The van der Waals surface area contributed by atoms with Crippen molar-refractivity contribution in [3.63, 3.8) is 0 Å². The molecule has 222 valence electrons. The highest BCUT2D eigenvalue weighted by molar-refractivity contribution is 7.52. The molecule has 1 aliphatic rings. The Bertz CT molecular complexity index is 1460.